The molecule has 124 valence electrons. The van der Waals surface area contributed by atoms with Gasteiger partial charge in [0.05, 0.1) is 0 Å². The number of amides is 1. The summed E-state index contributed by atoms with van der Waals surface area (Å²) in [5.74, 6) is 0.623. The van der Waals surface area contributed by atoms with E-state index < -0.39 is 5.03 Å². The van der Waals surface area contributed by atoms with Crippen LogP contribution in [0.4, 0.5) is 5.13 Å². The van der Waals surface area contributed by atoms with Crippen LogP contribution in [0, 0.1) is 10.1 Å². The first-order valence-corrected chi connectivity index (χ1v) is 8.48. The summed E-state index contributed by atoms with van der Waals surface area (Å²) in [4.78, 5) is 22.2. The topological polar surface area (TPSA) is 132 Å². The van der Waals surface area contributed by atoms with Crippen LogP contribution in [0.15, 0.2) is 17.0 Å². The SMILES string of the molecule is CCCCSc1nnc(NC(=O)Cn2c[n+](N[N+](=O)[O-])cn2)s1. The van der Waals surface area contributed by atoms with Crippen LogP contribution in [-0.2, 0) is 11.3 Å². The van der Waals surface area contributed by atoms with Crippen molar-refractivity contribution in [2.24, 2.45) is 0 Å². The quantitative estimate of drug-likeness (QED) is 0.163. The molecule has 1 amide bonds. The minimum Gasteiger partial charge on any atom is -0.339 e. The summed E-state index contributed by atoms with van der Waals surface area (Å²) in [7, 11) is 0. The molecule has 0 aliphatic carbocycles. The second-order valence-corrected chi connectivity index (χ2v) is 6.65. The Kier molecular flexibility index (Phi) is 6.22. The molecule has 0 fully saturated rings. The first kappa shape index (κ1) is 17.1. The fraction of sp³-hybridized carbons (Fsp3) is 0.500. The van der Waals surface area contributed by atoms with Crippen LogP contribution in [0.5, 0.6) is 0 Å². The molecule has 0 saturated heterocycles. The summed E-state index contributed by atoms with van der Waals surface area (Å²) in [5.41, 5.74) is 1.88. The van der Waals surface area contributed by atoms with E-state index in [4.69, 9.17) is 0 Å². The maximum Gasteiger partial charge on any atom is 0.364 e. The normalized spacial score (nSPS) is 10.5. The molecular weight excluding hydrogens is 344 g/mol. The van der Waals surface area contributed by atoms with Crippen LogP contribution in [0.1, 0.15) is 19.8 Å². The van der Waals surface area contributed by atoms with E-state index in [0.29, 0.717) is 5.13 Å². The molecule has 0 aliphatic heterocycles. The van der Waals surface area contributed by atoms with Gasteiger partial charge in [-0.2, -0.15) is 0 Å². The third-order valence-corrected chi connectivity index (χ3v) is 4.52. The molecule has 13 heteroatoms. The largest absolute Gasteiger partial charge is 0.364 e. The zero-order valence-corrected chi connectivity index (χ0v) is 13.8. The van der Waals surface area contributed by atoms with Gasteiger partial charge in [-0.15, -0.1) is 10.2 Å². The number of hydrogen-bond acceptors (Lipinski definition) is 8. The van der Waals surface area contributed by atoms with Crippen molar-refractivity contribution in [3.05, 3.63) is 22.8 Å². The van der Waals surface area contributed by atoms with Gasteiger partial charge in [-0.05, 0) is 16.6 Å². The number of carbonyl (C=O) groups excluding carboxylic acids is 1. The number of rotatable bonds is 9. The van der Waals surface area contributed by atoms with Gasteiger partial charge in [0.25, 0.3) is 5.91 Å². The van der Waals surface area contributed by atoms with Crippen LogP contribution in [0.2, 0.25) is 0 Å². The average molecular weight is 359 g/mol. The number of nitro groups is 1. The first-order valence-electron chi connectivity index (χ1n) is 6.67. The molecule has 23 heavy (non-hydrogen) atoms. The van der Waals surface area contributed by atoms with Crippen molar-refractivity contribution in [1.29, 1.82) is 0 Å². The van der Waals surface area contributed by atoms with Crippen molar-refractivity contribution in [1.82, 2.24) is 20.0 Å². The Morgan fingerprint density at radius 1 is 1.57 bits per heavy atom. The van der Waals surface area contributed by atoms with Crippen molar-refractivity contribution in [3.63, 3.8) is 0 Å². The maximum atomic E-state index is 11.9. The Balaban J connectivity index is 1.82. The number of aromatic nitrogens is 5. The average Bonchev–Trinajstić information content (AvgIpc) is 3.08. The summed E-state index contributed by atoms with van der Waals surface area (Å²) >= 11 is 2.91. The van der Waals surface area contributed by atoms with E-state index in [1.807, 2.05) is 5.53 Å². The summed E-state index contributed by atoms with van der Waals surface area (Å²) in [6.07, 6.45) is 4.69. The number of carbonyl (C=O) groups is 1. The Bertz CT molecular complexity index is 673. The molecule has 2 aromatic rings. The Morgan fingerprint density at radius 2 is 2.39 bits per heavy atom. The van der Waals surface area contributed by atoms with Crippen LogP contribution < -0.4 is 15.5 Å². The smallest absolute Gasteiger partial charge is 0.339 e. The zero-order chi connectivity index (χ0) is 16.7. The van der Waals surface area contributed by atoms with Crippen LogP contribution in [0.3, 0.4) is 0 Å². The maximum absolute atomic E-state index is 11.9. The Morgan fingerprint density at radius 3 is 3.13 bits per heavy atom. The highest BCUT2D eigenvalue weighted by molar-refractivity contribution is 8.01. The third-order valence-electron chi connectivity index (χ3n) is 2.46. The van der Waals surface area contributed by atoms with E-state index in [9.17, 15) is 14.9 Å². The lowest BCUT2D eigenvalue weighted by Gasteiger charge is -1.95. The number of hydrazine groups is 1. The van der Waals surface area contributed by atoms with Crippen LogP contribution in [-0.4, -0.2) is 36.7 Å². The second kappa shape index (κ2) is 8.38. The summed E-state index contributed by atoms with van der Waals surface area (Å²) in [6, 6.07) is 0. The summed E-state index contributed by atoms with van der Waals surface area (Å²) < 4.78 is 3.09. The van der Waals surface area contributed by atoms with E-state index in [1.54, 1.807) is 11.8 Å². The predicted molar refractivity (Wildman–Crippen MR) is 82.9 cm³/mol. The number of thioether (sulfide) groups is 1. The van der Waals surface area contributed by atoms with Gasteiger partial charge in [0.2, 0.25) is 11.7 Å². The summed E-state index contributed by atoms with van der Waals surface area (Å²) in [5, 5.41) is 24.3. The molecule has 0 saturated carbocycles. The molecular formula is C10H15N8O3S2+. The summed E-state index contributed by atoms with van der Waals surface area (Å²) in [6.45, 7) is 2.02. The highest BCUT2D eigenvalue weighted by Gasteiger charge is 2.17. The molecule has 2 aromatic heterocycles. The van der Waals surface area contributed by atoms with E-state index in [-0.39, 0.29) is 12.5 Å². The minimum absolute atomic E-state index is 0.0930. The number of unbranched alkanes of at least 4 members (excludes halogenated alkanes) is 1. The van der Waals surface area contributed by atoms with Gasteiger partial charge in [0.1, 0.15) is 5.10 Å². The van der Waals surface area contributed by atoms with Crippen molar-refractivity contribution < 1.29 is 14.5 Å². The van der Waals surface area contributed by atoms with E-state index >= 15 is 0 Å². The van der Waals surface area contributed by atoms with Crippen molar-refractivity contribution in [3.8, 4) is 0 Å². The van der Waals surface area contributed by atoms with Crippen molar-refractivity contribution in [2.75, 3.05) is 16.6 Å². The van der Waals surface area contributed by atoms with Crippen LogP contribution in [0.25, 0.3) is 0 Å². The minimum atomic E-state index is -0.731. The van der Waals surface area contributed by atoms with Gasteiger partial charge < -0.3 is 10.1 Å². The zero-order valence-electron chi connectivity index (χ0n) is 12.2. The van der Waals surface area contributed by atoms with Gasteiger partial charge in [-0.25, -0.2) is 0 Å². The predicted octanol–water partition coefficient (Wildman–Crippen LogP) is 0.288. The molecule has 2 heterocycles. The third kappa shape index (κ3) is 5.78. The van der Waals surface area contributed by atoms with Gasteiger partial charge >= 0.3 is 12.7 Å². The number of anilines is 1. The first-order chi connectivity index (χ1) is 11.1. The molecule has 0 aliphatic rings. The molecule has 0 bridgehead atoms. The molecule has 0 atom stereocenters. The fourth-order valence-corrected chi connectivity index (χ4v) is 3.40. The fourth-order valence-electron chi connectivity index (χ4n) is 1.48. The lowest BCUT2D eigenvalue weighted by atomic mass is 10.4. The van der Waals surface area contributed by atoms with Gasteiger partial charge in [0.15, 0.2) is 4.34 Å². The number of nitrogens with zero attached hydrogens (tertiary/aromatic N) is 6. The second-order valence-electron chi connectivity index (χ2n) is 4.33. The lowest BCUT2D eigenvalue weighted by molar-refractivity contribution is -0.774. The highest BCUT2D eigenvalue weighted by atomic mass is 32.2. The highest BCUT2D eigenvalue weighted by Crippen LogP contribution is 2.26. The Hall–Kier alpha value is -2.28. The Labute approximate surface area is 139 Å². The molecule has 2 N–H and O–H groups in total. The molecule has 0 unspecified atom stereocenters. The van der Waals surface area contributed by atoms with Gasteiger partial charge in [-0.3, -0.25) is 10.1 Å². The van der Waals surface area contributed by atoms with Gasteiger partial charge in [-0.1, -0.05) is 41.1 Å². The number of nitrogens with one attached hydrogen (secondary N) is 2. The molecule has 2 rings (SSSR count). The van der Waals surface area contributed by atoms with Crippen molar-refractivity contribution >= 4 is 34.1 Å². The standard InChI is InChI=1S/C10H14N8O3S2/c1-2-3-4-22-10-14-13-9(23-10)12-8(19)5-16-7-17(6-11-16)15-18(20)21/h6-7,15H,2-5H2,1H3/p+1. The molecule has 11 nitrogen and oxygen atoms in total. The van der Waals surface area contributed by atoms with Crippen molar-refractivity contribution in [2.45, 2.75) is 30.6 Å². The monoisotopic (exact) mass is 359 g/mol. The molecule has 0 spiro atoms. The molecule has 0 aromatic carbocycles. The number of hydrogen-bond donors (Lipinski definition) is 2. The van der Waals surface area contributed by atoms with Crippen LogP contribution >= 0.6 is 23.1 Å². The van der Waals surface area contributed by atoms with Gasteiger partial charge in [0, 0.05) is 10.8 Å². The van der Waals surface area contributed by atoms with E-state index in [0.717, 1.165) is 27.6 Å². The van der Waals surface area contributed by atoms with E-state index in [1.165, 1.54) is 28.7 Å². The lowest BCUT2D eigenvalue weighted by Crippen LogP contribution is -2.46. The molecule has 0 radical (unpaired) electrons. The van der Waals surface area contributed by atoms with E-state index in [2.05, 4.69) is 27.5 Å².